The fraction of sp³-hybridized carbons (Fsp3) is 0.462. The molecule has 0 aliphatic rings. The lowest BCUT2D eigenvalue weighted by Gasteiger charge is -2.06. The van der Waals surface area contributed by atoms with Crippen molar-refractivity contribution in [1.82, 2.24) is 19.7 Å². The van der Waals surface area contributed by atoms with Gasteiger partial charge in [-0.2, -0.15) is 5.10 Å². The number of nitrogens with one attached hydrogen (secondary N) is 1. The van der Waals surface area contributed by atoms with E-state index in [4.69, 9.17) is 4.74 Å². The summed E-state index contributed by atoms with van der Waals surface area (Å²) in [5.41, 5.74) is 0. The second-order valence-electron chi connectivity index (χ2n) is 4.52. The van der Waals surface area contributed by atoms with Gasteiger partial charge >= 0.3 is 0 Å². The Morgan fingerprint density at radius 3 is 2.89 bits per heavy atom. The van der Waals surface area contributed by atoms with Crippen LogP contribution in [0.3, 0.4) is 0 Å². The van der Waals surface area contributed by atoms with Crippen molar-refractivity contribution in [2.75, 3.05) is 11.9 Å². The first-order chi connectivity index (χ1) is 9.19. The maximum atomic E-state index is 5.66. The van der Waals surface area contributed by atoms with Crippen LogP contribution < -0.4 is 10.1 Å². The first kappa shape index (κ1) is 13.3. The van der Waals surface area contributed by atoms with Crippen LogP contribution in [0.15, 0.2) is 24.8 Å². The molecule has 0 bridgehead atoms. The van der Waals surface area contributed by atoms with Gasteiger partial charge in [0.1, 0.15) is 12.1 Å². The molecule has 2 aromatic rings. The van der Waals surface area contributed by atoms with Crippen LogP contribution in [0.4, 0.5) is 5.82 Å². The second kappa shape index (κ2) is 6.17. The molecule has 0 atom stereocenters. The monoisotopic (exact) mass is 261 g/mol. The van der Waals surface area contributed by atoms with Crippen molar-refractivity contribution in [1.29, 1.82) is 0 Å². The summed E-state index contributed by atoms with van der Waals surface area (Å²) < 4.78 is 7.50. The van der Waals surface area contributed by atoms with Gasteiger partial charge in [-0.15, -0.1) is 0 Å². The summed E-state index contributed by atoms with van der Waals surface area (Å²) >= 11 is 0. The molecule has 0 saturated carbocycles. The highest BCUT2D eigenvalue weighted by atomic mass is 16.5. The van der Waals surface area contributed by atoms with Gasteiger partial charge in [0.15, 0.2) is 5.75 Å². The van der Waals surface area contributed by atoms with Crippen molar-refractivity contribution in [2.45, 2.75) is 33.2 Å². The van der Waals surface area contributed by atoms with Gasteiger partial charge in [0, 0.05) is 18.7 Å². The lowest BCUT2D eigenvalue weighted by molar-refractivity contribution is 0.458. The lowest BCUT2D eigenvalue weighted by atomic mass is 10.4. The Kier molecular flexibility index (Phi) is 4.33. The zero-order valence-corrected chi connectivity index (χ0v) is 11.5. The topological polar surface area (TPSA) is 64.9 Å². The minimum atomic E-state index is 0.310. The molecular weight excluding hydrogens is 242 g/mol. The molecular formula is C13H19N5O. The van der Waals surface area contributed by atoms with E-state index >= 15 is 0 Å². The molecule has 1 N–H and O–H groups in total. The minimum absolute atomic E-state index is 0.310. The number of nitrogens with zero attached hydrogens (tertiary/aromatic N) is 4. The summed E-state index contributed by atoms with van der Waals surface area (Å²) in [6.45, 7) is 7.11. The number of anilines is 1. The molecule has 0 saturated heterocycles. The Labute approximate surface area is 112 Å². The molecule has 0 aromatic carbocycles. The summed E-state index contributed by atoms with van der Waals surface area (Å²) in [5, 5.41) is 7.41. The average Bonchev–Trinajstić information content (AvgIpc) is 2.85. The normalized spacial score (nSPS) is 10.7. The lowest BCUT2D eigenvalue weighted by Crippen LogP contribution is -2.02. The molecule has 6 heteroatoms. The van der Waals surface area contributed by atoms with Crippen molar-refractivity contribution in [3.8, 4) is 11.6 Å². The largest absolute Gasteiger partial charge is 0.436 e. The number of aromatic nitrogens is 4. The van der Waals surface area contributed by atoms with Gasteiger partial charge in [0.25, 0.3) is 0 Å². The summed E-state index contributed by atoms with van der Waals surface area (Å²) in [6.07, 6.45) is 6.06. The maximum Gasteiger partial charge on any atom is 0.224 e. The highest BCUT2D eigenvalue weighted by molar-refractivity contribution is 5.38. The molecule has 19 heavy (non-hydrogen) atoms. The molecule has 2 rings (SSSR count). The van der Waals surface area contributed by atoms with Gasteiger partial charge in [0.2, 0.25) is 5.88 Å². The van der Waals surface area contributed by atoms with Crippen LogP contribution >= 0.6 is 0 Å². The molecule has 2 aromatic heterocycles. The molecule has 0 spiro atoms. The van der Waals surface area contributed by atoms with Gasteiger partial charge in [-0.05, 0) is 20.3 Å². The van der Waals surface area contributed by atoms with E-state index in [-0.39, 0.29) is 0 Å². The third-order valence-electron chi connectivity index (χ3n) is 2.53. The van der Waals surface area contributed by atoms with E-state index in [1.165, 1.54) is 6.33 Å². The quantitative estimate of drug-likeness (QED) is 0.866. The minimum Gasteiger partial charge on any atom is -0.436 e. The predicted octanol–water partition coefficient (Wildman–Crippen LogP) is 2.87. The fourth-order valence-electron chi connectivity index (χ4n) is 1.52. The van der Waals surface area contributed by atoms with Gasteiger partial charge in [-0.1, -0.05) is 6.92 Å². The van der Waals surface area contributed by atoms with Crippen LogP contribution in [0, 0.1) is 0 Å². The van der Waals surface area contributed by atoms with E-state index in [0.29, 0.717) is 17.7 Å². The van der Waals surface area contributed by atoms with E-state index in [2.05, 4.69) is 41.2 Å². The average molecular weight is 261 g/mol. The molecule has 2 heterocycles. The van der Waals surface area contributed by atoms with Crippen molar-refractivity contribution in [3.05, 3.63) is 24.8 Å². The van der Waals surface area contributed by atoms with Crippen molar-refractivity contribution in [2.24, 2.45) is 0 Å². The van der Waals surface area contributed by atoms with Crippen LogP contribution in [0.2, 0.25) is 0 Å². The van der Waals surface area contributed by atoms with Crippen LogP contribution in [0.25, 0.3) is 0 Å². The highest BCUT2D eigenvalue weighted by Crippen LogP contribution is 2.21. The van der Waals surface area contributed by atoms with Crippen LogP contribution in [0.1, 0.15) is 33.2 Å². The standard InChI is InChI=1S/C13H19N5O/c1-4-5-14-12-6-13(16-9-15-12)19-11-7-17-18(8-11)10(2)3/h6-10H,4-5H2,1-3H3,(H,14,15,16). The van der Waals surface area contributed by atoms with Crippen molar-refractivity contribution in [3.63, 3.8) is 0 Å². The first-order valence-corrected chi connectivity index (χ1v) is 6.47. The number of rotatable bonds is 6. The number of ether oxygens (including phenoxy) is 1. The third-order valence-corrected chi connectivity index (χ3v) is 2.53. The molecule has 0 aliphatic heterocycles. The molecule has 0 unspecified atom stereocenters. The van der Waals surface area contributed by atoms with Crippen LogP contribution in [-0.4, -0.2) is 26.3 Å². The fourth-order valence-corrected chi connectivity index (χ4v) is 1.52. The summed E-state index contributed by atoms with van der Waals surface area (Å²) in [6, 6.07) is 2.09. The Balaban J connectivity index is 2.05. The molecule has 0 radical (unpaired) electrons. The van der Waals surface area contributed by atoms with Gasteiger partial charge in [-0.25, -0.2) is 9.97 Å². The third kappa shape index (κ3) is 3.67. The van der Waals surface area contributed by atoms with Crippen molar-refractivity contribution >= 4 is 5.82 Å². The summed E-state index contributed by atoms with van der Waals surface area (Å²) in [7, 11) is 0. The van der Waals surface area contributed by atoms with Crippen LogP contribution in [0.5, 0.6) is 11.6 Å². The molecule has 102 valence electrons. The van der Waals surface area contributed by atoms with Gasteiger partial charge in [0.05, 0.1) is 12.4 Å². The predicted molar refractivity (Wildman–Crippen MR) is 73.5 cm³/mol. The number of hydrogen-bond acceptors (Lipinski definition) is 5. The first-order valence-electron chi connectivity index (χ1n) is 6.47. The molecule has 0 aliphatic carbocycles. The summed E-state index contributed by atoms with van der Waals surface area (Å²) in [4.78, 5) is 8.22. The van der Waals surface area contributed by atoms with Gasteiger partial charge < -0.3 is 10.1 Å². The Morgan fingerprint density at radius 2 is 2.21 bits per heavy atom. The Morgan fingerprint density at radius 1 is 1.37 bits per heavy atom. The zero-order chi connectivity index (χ0) is 13.7. The Bertz CT molecular complexity index is 523. The van der Waals surface area contributed by atoms with E-state index in [1.807, 2.05) is 10.9 Å². The molecule has 0 amide bonds. The second-order valence-corrected chi connectivity index (χ2v) is 4.52. The maximum absolute atomic E-state index is 5.66. The van der Waals surface area contributed by atoms with E-state index < -0.39 is 0 Å². The van der Waals surface area contributed by atoms with E-state index in [0.717, 1.165) is 18.8 Å². The Hall–Kier alpha value is -2.11. The van der Waals surface area contributed by atoms with Crippen molar-refractivity contribution < 1.29 is 4.74 Å². The number of hydrogen-bond donors (Lipinski definition) is 1. The van der Waals surface area contributed by atoms with Crippen LogP contribution in [-0.2, 0) is 0 Å². The zero-order valence-electron chi connectivity index (χ0n) is 11.5. The highest BCUT2D eigenvalue weighted by Gasteiger charge is 2.05. The van der Waals surface area contributed by atoms with Gasteiger partial charge in [-0.3, -0.25) is 4.68 Å². The molecule has 0 fully saturated rings. The smallest absolute Gasteiger partial charge is 0.224 e. The molecule has 6 nitrogen and oxygen atoms in total. The SMILES string of the molecule is CCCNc1cc(Oc2cnn(C(C)C)c2)ncn1. The summed E-state index contributed by atoms with van der Waals surface area (Å²) in [5.74, 6) is 1.95. The van der Waals surface area contributed by atoms with E-state index in [1.54, 1.807) is 12.3 Å². The van der Waals surface area contributed by atoms with E-state index in [9.17, 15) is 0 Å².